The van der Waals surface area contributed by atoms with E-state index in [1.807, 2.05) is 25.3 Å². The van der Waals surface area contributed by atoms with Crippen molar-refractivity contribution in [3.05, 3.63) is 51.9 Å². The van der Waals surface area contributed by atoms with Crippen molar-refractivity contribution in [1.29, 1.82) is 0 Å². The number of pyridine rings is 1. The Kier molecular flexibility index (Phi) is 5.84. The molecule has 1 atom stereocenters. The molecule has 1 aliphatic rings. The number of nitrogens with zero attached hydrogens (tertiary/aromatic N) is 1. The summed E-state index contributed by atoms with van der Waals surface area (Å²) in [6.45, 7) is 9.26. The third-order valence-corrected chi connectivity index (χ3v) is 5.52. The molecule has 0 fully saturated rings. The van der Waals surface area contributed by atoms with Gasteiger partial charge in [0.25, 0.3) is 0 Å². The standard InChI is InChI=1S/C21H24N2O4S/c1-6-26-20(24)17-12(4)23-13(5)18(21(25)27-11(2)3)19(17)15-10-28-16-7-8-22-9-14(15)16/h7-11,19,23H,6H2,1-5H3. The summed E-state index contributed by atoms with van der Waals surface area (Å²) < 4.78 is 11.9. The Morgan fingerprint density at radius 2 is 1.89 bits per heavy atom. The molecule has 0 spiro atoms. The van der Waals surface area contributed by atoms with Crippen LogP contribution < -0.4 is 5.32 Å². The van der Waals surface area contributed by atoms with E-state index in [1.165, 1.54) is 0 Å². The molecule has 6 nitrogen and oxygen atoms in total. The third-order valence-electron chi connectivity index (χ3n) is 4.53. The van der Waals surface area contributed by atoms with Crippen molar-refractivity contribution in [3.63, 3.8) is 0 Å². The van der Waals surface area contributed by atoms with Gasteiger partial charge in [0.2, 0.25) is 0 Å². The van der Waals surface area contributed by atoms with Crippen LogP contribution in [0.3, 0.4) is 0 Å². The average molecular weight is 401 g/mol. The molecule has 2 aromatic heterocycles. The Hall–Kier alpha value is -2.67. The van der Waals surface area contributed by atoms with Crippen LogP contribution in [-0.4, -0.2) is 29.6 Å². The maximum Gasteiger partial charge on any atom is 0.337 e. The summed E-state index contributed by atoms with van der Waals surface area (Å²) in [5.41, 5.74) is 3.04. The lowest BCUT2D eigenvalue weighted by Gasteiger charge is -2.30. The zero-order chi connectivity index (χ0) is 20.4. The summed E-state index contributed by atoms with van der Waals surface area (Å²) in [5.74, 6) is -1.46. The van der Waals surface area contributed by atoms with Gasteiger partial charge in [0, 0.05) is 33.9 Å². The van der Waals surface area contributed by atoms with E-state index in [0.29, 0.717) is 22.5 Å². The molecule has 0 radical (unpaired) electrons. The Balaban J connectivity index is 2.22. The molecule has 0 saturated carbocycles. The number of hydrogen-bond acceptors (Lipinski definition) is 7. The monoisotopic (exact) mass is 400 g/mol. The smallest absolute Gasteiger partial charge is 0.337 e. The first kappa shape index (κ1) is 20.1. The first-order valence-electron chi connectivity index (χ1n) is 9.22. The number of aromatic nitrogens is 1. The number of hydrogen-bond donors (Lipinski definition) is 1. The van der Waals surface area contributed by atoms with Gasteiger partial charge >= 0.3 is 11.9 Å². The second kappa shape index (κ2) is 8.14. The van der Waals surface area contributed by atoms with Crippen molar-refractivity contribution < 1.29 is 19.1 Å². The van der Waals surface area contributed by atoms with Crippen LogP contribution in [0.1, 0.15) is 46.1 Å². The molecular weight excluding hydrogens is 376 g/mol. The molecule has 0 saturated heterocycles. The van der Waals surface area contributed by atoms with Crippen molar-refractivity contribution in [2.24, 2.45) is 0 Å². The highest BCUT2D eigenvalue weighted by Gasteiger charge is 2.39. The van der Waals surface area contributed by atoms with Gasteiger partial charge in [-0.1, -0.05) is 0 Å². The van der Waals surface area contributed by atoms with Crippen LogP contribution in [0, 0.1) is 0 Å². The molecular formula is C21H24N2O4S. The third kappa shape index (κ3) is 3.67. The molecule has 3 heterocycles. The van der Waals surface area contributed by atoms with E-state index in [1.54, 1.807) is 44.5 Å². The summed E-state index contributed by atoms with van der Waals surface area (Å²) >= 11 is 1.55. The fraction of sp³-hybridized carbons (Fsp3) is 0.381. The van der Waals surface area contributed by atoms with E-state index in [2.05, 4.69) is 10.3 Å². The Morgan fingerprint density at radius 3 is 2.54 bits per heavy atom. The predicted octanol–water partition coefficient (Wildman–Crippen LogP) is 4.05. The first-order chi connectivity index (χ1) is 13.3. The number of thiophene rings is 1. The van der Waals surface area contributed by atoms with E-state index >= 15 is 0 Å². The molecule has 1 unspecified atom stereocenters. The van der Waals surface area contributed by atoms with Crippen molar-refractivity contribution in [2.45, 2.75) is 46.6 Å². The minimum absolute atomic E-state index is 0.253. The molecule has 28 heavy (non-hydrogen) atoms. The van der Waals surface area contributed by atoms with Crippen molar-refractivity contribution in [1.82, 2.24) is 10.3 Å². The number of carbonyl (C=O) groups is 2. The first-order valence-corrected chi connectivity index (χ1v) is 10.1. The zero-order valence-corrected chi connectivity index (χ0v) is 17.5. The molecule has 1 N–H and O–H groups in total. The summed E-state index contributed by atoms with van der Waals surface area (Å²) in [7, 11) is 0. The van der Waals surface area contributed by atoms with Crippen LogP contribution >= 0.6 is 11.3 Å². The SMILES string of the molecule is CCOC(=O)C1=C(C)NC(C)=C(C(=O)OC(C)C)C1c1csc2ccncc12. The van der Waals surface area contributed by atoms with Gasteiger partial charge in [0.1, 0.15) is 0 Å². The summed E-state index contributed by atoms with van der Waals surface area (Å²) in [6, 6.07) is 1.92. The number of rotatable bonds is 5. The highest BCUT2D eigenvalue weighted by Crippen LogP contribution is 2.43. The normalized spacial score (nSPS) is 17.1. The van der Waals surface area contributed by atoms with Gasteiger partial charge in [0.05, 0.1) is 29.8 Å². The number of esters is 2. The van der Waals surface area contributed by atoms with E-state index in [4.69, 9.17) is 9.47 Å². The van der Waals surface area contributed by atoms with Crippen molar-refractivity contribution in [3.8, 4) is 0 Å². The topological polar surface area (TPSA) is 77.5 Å². The lowest BCUT2D eigenvalue weighted by Crippen LogP contribution is -2.33. The number of carbonyl (C=O) groups excluding carboxylic acids is 2. The number of dihydropyridines is 1. The van der Waals surface area contributed by atoms with E-state index in [9.17, 15) is 9.59 Å². The number of nitrogens with one attached hydrogen (secondary N) is 1. The predicted molar refractivity (Wildman–Crippen MR) is 109 cm³/mol. The Bertz CT molecular complexity index is 987. The minimum Gasteiger partial charge on any atom is -0.463 e. The van der Waals surface area contributed by atoms with Crippen LogP contribution in [-0.2, 0) is 19.1 Å². The molecule has 3 rings (SSSR count). The summed E-state index contributed by atoms with van der Waals surface area (Å²) in [4.78, 5) is 30.1. The second-order valence-corrected chi connectivity index (χ2v) is 7.78. The van der Waals surface area contributed by atoms with Gasteiger partial charge in [-0.2, -0.15) is 0 Å². The second-order valence-electron chi connectivity index (χ2n) is 6.87. The molecule has 0 amide bonds. The van der Waals surface area contributed by atoms with Crippen LogP contribution in [0.2, 0.25) is 0 Å². The molecule has 2 aromatic rings. The van der Waals surface area contributed by atoms with E-state index < -0.39 is 17.9 Å². The molecule has 148 valence electrons. The minimum atomic E-state index is -0.579. The van der Waals surface area contributed by atoms with E-state index in [0.717, 1.165) is 15.6 Å². The molecule has 0 aromatic carbocycles. The number of ether oxygens (including phenoxy) is 2. The number of fused-ring (bicyclic) bond motifs is 1. The van der Waals surface area contributed by atoms with Crippen LogP contribution in [0.5, 0.6) is 0 Å². The van der Waals surface area contributed by atoms with Gasteiger partial charge in [-0.25, -0.2) is 9.59 Å². The molecule has 0 bridgehead atoms. The van der Waals surface area contributed by atoms with Crippen molar-refractivity contribution >= 4 is 33.4 Å². The number of allylic oxidation sites excluding steroid dienone is 2. The summed E-state index contributed by atoms with van der Waals surface area (Å²) in [5, 5.41) is 6.05. The van der Waals surface area contributed by atoms with Gasteiger partial charge < -0.3 is 14.8 Å². The fourth-order valence-corrected chi connectivity index (χ4v) is 4.40. The van der Waals surface area contributed by atoms with Crippen LogP contribution in [0.4, 0.5) is 0 Å². The maximum absolute atomic E-state index is 13.0. The zero-order valence-electron chi connectivity index (χ0n) is 16.7. The average Bonchev–Trinajstić information content (AvgIpc) is 3.04. The lowest BCUT2D eigenvalue weighted by molar-refractivity contribution is -0.143. The van der Waals surface area contributed by atoms with Gasteiger partial charge in [-0.3, -0.25) is 4.98 Å². The lowest BCUT2D eigenvalue weighted by atomic mass is 9.80. The molecule has 7 heteroatoms. The maximum atomic E-state index is 13.0. The highest BCUT2D eigenvalue weighted by atomic mass is 32.1. The van der Waals surface area contributed by atoms with Gasteiger partial charge in [-0.15, -0.1) is 11.3 Å². The Morgan fingerprint density at radius 1 is 1.21 bits per heavy atom. The highest BCUT2D eigenvalue weighted by molar-refractivity contribution is 7.17. The molecule has 0 aliphatic carbocycles. The van der Waals surface area contributed by atoms with Gasteiger partial charge in [0.15, 0.2) is 0 Å². The molecule has 1 aliphatic heterocycles. The van der Waals surface area contributed by atoms with Crippen LogP contribution in [0.25, 0.3) is 10.1 Å². The largest absolute Gasteiger partial charge is 0.463 e. The summed E-state index contributed by atoms with van der Waals surface area (Å²) in [6.07, 6.45) is 3.22. The van der Waals surface area contributed by atoms with Crippen molar-refractivity contribution in [2.75, 3.05) is 6.61 Å². The van der Waals surface area contributed by atoms with E-state index in [-0.39, 0.29) is 12.7 Å². The van der Waals surface area contributed by atoms with Gasteiger partial charge in [-0.05, 0) is 51.6 Å². The fourth-order valence-electron chi connectivity index (χ4n) is 3.45. The quantitative estimate of drug-likeness (QED) is 0.763. The Labute approximate surface area is 168 Å². The van der Waals surface area contributed by atoms with Crippen LogP contribution in [0.15, 0.2) is 46.4 Å².